The largest absolute Gasteiger partial charge is 0.368 e. The minimum atomic E-state index is -1.12. The molecule has 196 valence electrons. The summed E-state index contributed by atoms with van der Waals surface area (Å²) in [6.07, 6.45) is -0.0818. The zero-order valence-electron chi connectivity index (χ0n) is 20.9. The molecule has 0 aliphatic carbocycles. The number of para-hydroxylation sites is 1. The highest BCUT2D eigenvalue weighted by Gasteiger charge is 2.46. The van der Waals surface area contributed by atoms with Crippen LogP contribution in [0.4, 0.5) is 5.69 Å². The third-order valence-electron chi connectivity index (χ3n) is 7.30. The summed E-state index contributed by atoms with van der Waals surface area (Å²) < 4.78 is 0. The SMILES string of the molecule is N[C@H]1Nc2ccccc2[C@@]1(N)C[C@H]1NC(=O)[C@H](Cc2ccccc2)NC(=O)[C@@H](Cc2ccccc2)NC1=O. The van der Waals surface area contributed by atoms with Crippen molar-refractivity contribution < 1.29 is 14.4 Å². The van der Waals surface area contributed by atoms with Gasteiger partial charge in [-0.2, -0.15) is 0 Å². The second kappa shape index (κ2) is 10.6. The van der Waals surface area contributed by atoms with Crippen molar-refractivity contribution in [1.82, 2.24) is 16.0 Å². The van der Waals surface area contributed by atoms with Crippen LogP contribution in [0.5, 0.6) is 0 Å². The number of rotatable bonds is 6. The molecule has 2 heterocycles. The van der Waals surface area contributed by atoms with Gasteiger partial charge in [-0.15, -0.1) is 0 Å². The average molecular weight is 513 g/mol. The topological polar surface area (TPSA) is 151 Å². The number of fused-ring (bicyclic) bond motifs is 1. The Hall–Kier alpha value is -4.21. The van der Waals surface area contributed by atoms with Crippen LogP contribution in [0, 0.1) is 0 Å². The average Bonchev–Trinajstić information content (AvgIpc) is 3.18. The van der Waals surface area contributed by atoms with E-state index in [4.69, 9.17) is 11.5 Å². The number of nitrogens with one attached hydrogen (secondary N) is 4. The molecule has 9 heteroatoms. The van der Waals surface area contributed by atoms with Gasteiger partial charge in [0.05, 0.1) is 11.7 Å². The van der Waals surface area contributed by atoms with Crippen molar-refractivity contribution in [3.05, 3.63) is 102 Å². The molecule has 0 saturated carbocycles. The molecule has 1 saturated heterocycles. The molecule has 0 spiro atoms. The molecule has 5 atom stereocenters. The Morgan fingerprint density at radius 2 is 1.05 bits per heavy atom. The monoisotopic (exact) mass is 512 g/mol. The van der Waals surface area contributed by atoms with Crippen LogP contribution in [0.25, 0.3) is 0 Å². The molecule has 2 aliphatic heterocycles. The molecule has 0 radical (unpaired) electrons. The number of carbonyl (C=O) groups is 3. The Kier molecular flexibility index (Phi) is 7.13. The molecular formula is C29H32N6O3. The predicted molar refractivity (Wildman–Crippen MR) is 145 cm³/mol. The molecule has 3 amide bonds. The smallest absolute Gasteiger partial charge is 0.243 e. The Morgan fingerprint density at radius 1 is 0.605 bits per heavy atom. The number of benzene rings is 3. The van der Waals surface area contributed by atoms with E-state index in [1.54, 1.807) is 0 Å². The normalized spacial score (nSPS) is 27.1. The molecule has 38 heavy (non-hydrogen) atoms. The first-order valence-electron chi connectivity index (χ1n) is 12.7. The summed E-state index contributed by atoms with van der Waals surface area (Å²) in [7, 11) is 0. The van der Waals surface area contributed by atoms with Gasteiger partial charge in [0.15, 0.2) is 0 Å². The zero-order chi connectivity index (χ0) is 26.7. The fourth-order valence-corrected chi connectivity index (χ4v) is 5.20. The quantitative estimate of drug-likeness (QED) is 0.289. The first-order valence-corrected chi connectivity index (χ1v) is 12.7. The van der Waals surface area contributed by atoms with E-state index < -0.39 is 47.6 Å². The molecule has 5 rings (SSSR count). The van der Waals surface area contributed by atoms with E-state index >= 15 is 0 Å². The third kappa shape index (κ3) is 5.25. The Labute approximate surface area is 221 Å². The van der Waals surface area contributed by atoms with E-state index in [1.165, 1.54) is 0 Å². The Morgan fingerprint density at radius 3 is 1.61 bits per heavy atom. The van der Waals surface area contributed by atoms with Gasteiger partial charge >= 0.3 is 0 Å². The Bertz CT molecular complexity index is 1280. The standard InChI is InChI=1S/C29H32N6O3/c30-28-29(31,20-13-7-8-14-21(20)35-28)17-24-27(38)33-22(15-18-9-3-1-4-10-18)25(36)32-23(26(37)34-24)16-19-11-5-2-6-12-19/h1-14,22-24,28,35H,15-17,30-31H2,(H,32,36)(H,33,38)(H,34,37)/t22-,23+,24-,28+,29+/m1/s1. The maximum Gasteiger partial charge on any atom is 0.243 e. The molecule has 1 fully saturated rings. The molecule has 2 aliphatic rings. The number of hydrogen-bond acceptors (Lipinski definition) is 6. The van der Waals surface area contributed by atoms with Crippen LogP contribution in [0.2, 0.25) is 0 Å². The second-order valence-corrected chi connectivity index (χ2v) is 9.98. The van der Waals surface area contributed by atoms with Crippen molar-refractivity contribution in [3.8, 4) is 0 Å². The predicted octanol–water partition coefficient (Wildman–Crippen LogP) is 0.894. The summed E-state index contributed by atoms with van der Waals surface area (Å²) in [5, 5.41) is 11.8. The number of amides is 3. The maximum atomic E-state index is 13.6. The van der Waals surface area contributed by atoms with E-state index in [2.05, 4.69) is 21.3 Å². The minimum absolute atomic E-state index is 0.0417. The molecule has 8 N–H and O–H groups in total. The molecule has 3 aromatic rings. The van der Waals surface area contributed by atoms with Gasteiger partial charge in [0.2, 0.25) is 17.7 Å². The third-order valence-corrected chi connectivity index (χ3v) is 7.30. The molecule has 0 bridgehead atoms. The zero-order valence-corrected chi connectivity index (χ0v) is 20.9. The van der Waals surface area contributed by atoms with Gasteiger partial charge in [-0.05, 0) is 22.8 Å². The van der Waals surface area contributed by atoms with Crippen LogP contribution in [0.15, 0.2) is 84.9 Å². The Balaban J connectivity index is 1.46. The summed E-state index contributed by atoms with van der Waals surface area (Å²) in [6, 6.07) is 23.5. The van der Waals surface area contributed by atoms with Gasteiger partial charge < -0.3 is 32.7 Å². The van der Waals surface area contributed by atoms with Crippen molar-refractivity contribution in [2.75, 3.05) is 5.32 Å². The highest BCUT2D eigenvalue weighted by Crippen LogP contribution is 2.38. The van der Waals surface area contributed by atoms with E-state index in [-0.39, 0.29) is 19.3 Å². The van der Waals surface area contributed by atoms with Crippen molar-refractivity contribution in [2.45, 2.75) is 49.1 Å². The van der Waals surface area contributed by atoms with Gasteiger partial charge in [0.1, 0.15) is 18.1 Å². The van der Waals surface area contributed by atoms with Crippen LogP contribution in [0.1, 0.15) is 23.1 Å². The fraction of sp³-hybridized carbons (Fsp3) is 0.276. The van der Waals surface area contributed by atoms with Crippen LogP contribution < -0.4 is 32.7 Å². The number of nitrogens with two attached hydrogens (primary N) is 2. The van der Waals surface area contributed by atoms with Gasteiger partial charge in [0, 0.05) is 24.9 Å². The summed E-state index contributed by atoms with van der Waals surface area (Å²) >= 11 is 0. The highest BCUT2D eigenvalue weighted by atomic mass is 16.2. The van der Waals surface area contributed by atoms with E-state index in [0.29, 0.717) is 0 Å². The van der Waals surface area contributed by atoms with Crippen molar-refractivity contribution in [2.24, 2.45) is 11.5 Å². The lowest BCUT2D eigenvalue weighted by Crippen LogP contribution is -2.59. The van der Waals surface area contributed by atoms with Gasteiger partial charge in [-0.25, -0.2) is 0 Å². The van der Waals surface area contributed by atoms with Gasteiger partial charge in [-0.3, -0.25) is 14.4 Å². The lowest BCUT2D eigenvalue weighted by atomic mass is 9.84. The second-order valence-electron chi connectivity index (χ2n) is 9.98. The molecule has 9 nitrogen and oxygen atoms in total. The van der Waals surface area contributed by atoms with E-state index in [9.17, 15) is 14.4 Å². The van der Waals surface area contributed by atoms with Crippen molar-refractivity contribution in [3.63, 3.8) is 0 Å². The molecule has 0 aromatic heterocycles. The van der Waals surface area contributed by atoms with Crippen LogP contribution in [0.3, 0.4) is 0 Å². The van der Waals surface area contributed by atoms with Crippen LogP contribution >= 0.6 is 0 Å². The first-order chi connectivity index (χ1) is 18.3. The van der Waals surface area contributed by atoms with Crippen LogP contribution in [-0.2, 0) is 32.8 Å². The van der Waals surface area contributed by atoms with Crippen molar-refractivity contribution >= 4 is 23.4 Å². The van der Waals surface area contributed by atoms with Gasteiger partial charge in [-0.1, -0.05) is 78.9 Å². The molecule has 0 unspecified atom stereocenters. The summed E-state index contributed by atoms with van der Waals surface area (Å²) in [6.45, 7) is 0. The first kappa shape index (κ1) is 25.4. The van der Waals surface area contributed by atoms with Crippen LogP contribution in [-0.4, -0.2) is 42.0 Å². The van der Waals surface area contributed by atoms with Crippen molar-refractivity contribution in [1.29, 1.82) is 0 Å². The number of anilines is 1. The minimum Gasteiger partial charge on any atom is -0.368 e. The van der Waals surface area contributed by atoms with E-state index in [1.807, 2.05) is 84.9 Å². The van der Waals surface area contributed by atoms with Gasteiger partial charge in [0.25, 0.3) is 0 Å². The number of hydrogen-bond donors (Lipinski definition) is 6. The number of carbonyl (C=O) groups excluding carboxylic acids is 3. The maximum absolute atomic E-state index is 13.6. The summed E-state index contributed by atoms with van der Waals surface area (Å²) in [4.78, 5) is 40.5. The molecular weight excluding hydrogens is 480 g/mol. The lowest BCUT2D eigenvalue weighted by Gasteiger charge is -2.33. The fourth-order valence-electron chi connectivity index (χ4n) is 5.20. The summed E-state index contributed by atoms with van der Waals surface area (Å²) in [5.74, 6) is -1.37. The van der Waals surface area contributed by atoms with E-state index in [0.717, 1.165) is 22.4 Å². The summed E-state index contributed by atoms with van der Waals surface area (Å²) in [5.41, 5.74) is 15.4. The molecule has 3 aromatic carbocycles. The highest BCUT2D eigenvalue weighted by molar-refractivity contribution is 5.97. The lowest BCUT2D eigenvalue weighted by molar-refractivity contribution is -0.130.